The van der Waals surface area contributed by atoms with Crippen LogP contribution in [-0.4, -0.2) is 50.9 Å². The number of hydrogen-bond donors (Lipinski definition) is 2. The zero-order chi connectivity index (χ0) is 17.2. The number of ether oxygens (including phenoxy) is 2. The van der Waals surface area contributed by atoms with Gasteiger partial charge in [0.15, 0.2) is 17.5 Å². The third kappa shape index (κ3) is 7.68. The van der Waals surface area contributed by atoms with Crippen LogP contribution in [0.3, 0.4) is 0 Å². The van der Waals surface area contributed by atoms with Crippen LogP contribution in [0.15, 0.2) is 23.2 Å². The fourth-order valence-corrected chi connectivity index (χ4v) is 2.46. The van der Waals surface area contributed by atoms with E-state index in [1.165, 1.54) is 12.8 Å². The molecule has 1 aliphatic rings. The first-order chi connectivity index (χ1) is 11.7. The third-order valence-corrected chi connectivity index (χ3v) is 3.88. The topological polar surface area (TPSA) is 58.1 Å². The van der Waals surface area contributed by atoms with E-state index in [9.17, 15) is 0 Å². The van der Waals surface area contributed by atoms with Crippen LogP contribution >= 0.6 is 24.0 Å². The van der Waals surface area contributed by atoms with E-state index in [4.69, 9.17) is 9.47 Å². The molecule has 25 heavy (non-hydrogen) atoms. The van der Waals surface area contributed by atoms with E-state index in [0.717, 1.165) is 49.2 Å². The van der Waals surface area contributed by atoms with Gasteiger partial charge in [-0.05, 0) is 44.6 Å². The summed E-state index contributed by atoms with van der Waals surface area (Å²) in [6.45, 7) is 9.09. The Morgan fingerprint density at radius 1 is 1.16 bits per heavy atom. The minimum Gasteiger partial charge on any atom is -0.454 e. The molecule has 142 valence electrons. The molecule has 0 fully saturated rings. The Labute approximate surface area is 168 Å². The van der Waals surface area contributed by atoms with E-state index < -0.39 is 0 Å². The lowest BCUT2D eigenvalue weighted by Gasteiger charge is -2.17. The number of likely N-dealkylation sites (N-methyl/N-ethyl adjacent to an activating group) is 1. The van der Waals surface area contributed by atoms with Crippen LogP contribution < -0.4 is 20.1 Å². The van der Waals surface area contributed by atoms with Gasteiger partial charge in [0.2, 0.25) is 6.79 Å². The van der Waals surface area contributed by atoms with Crippen molar-refractivity contribution in [2.75, 3.05) is 40.0 Å². The number of unbranched alkanes of at least 4 members (excludes halogenated alkanes) is 1. The quantitative estimate of drug-likeness (QED) is 0.336. The highest BCUT2D eigenvalue weighted by atomic mass is 127. The number of hydrogen-bond acceptors (Lipinski definition) is 4. The highest BCUT2D eigenvalue weighted by Crippen LogP contribution is 2.32. The van der Waals surface area contributed by atoms with E-state index in [1.807, 2.05) is 18.2 Å². The smallest absolute Gasteiger partial charge is 0.231 e. The summed E-state index contributed by atoms with van der Waals surface area (Å²) >= 11 is 0. The first-order valence-corrected chi connectivity index (χ1v) is 8.82. The molecule has 0 amide bonds. The number of aliphatic imine (C=N–C) groups is 1. The molecule has 6 nitrogen and oxygen atoms in total. The number of halogens is 1. The normalized spacial score (nSPS) is 12.9. The Morgan fingerprint density at radius 3 is 2.72 bits per heavy atom. The zero-order valence-electron chi connectivity index (χ0n) is 15.5. The first kappa shape index (κ1) is 21.8. The predicted octanol–water partition coefficient (Wildman–Crippen LogP) is 2.82. The molecule has 7 heteroatoms. The summed E-state index contributed by atoms with van der Waals surface area (Å²) in [5, 5.41) is 6.68. The van der Waals surface area contributed by atoms with Crippen molar-refractivity contribution in [1.82, 2.24) is 15.5 Å². The molecule has 1 heterocycles. The van der Waals surface area contributed by atoms with Crippen molar-refractivity contribution in [3.05, 3.63) is 23.8 Å². The Morgan fingerprint density at radius 2 is 1.96 bits per heavy atom. The number of guanidine groups is 1. The van der Waals surface area contributed by atoms with E-state index in [2.05, 4.69) is 41.4 Å². The molecule has 0 saturated carbocycles. The average molecular weight is 462 g/mol. The van der Waals surface area contributed by atoms with Crippen molar-refractivity contribution >= 4 is 29.9 Å². The molecule has 0 aliphatic carbocycles. The van der Waals surface area contributed by atoms with Crippen molar-refractivity contribution < 1.29 is 9.47 Å². The summed E-state index contributed by atoms with van der Waals surface area (Å²) < 4.78 is 10.7. The SMILES string of the molecule is CCCCN(C)CCNC(=NCc1ccc2c(c1)OCO2)NCC.I. The van der Waals surface area contributed by atoms with E-state index in [1.54, 1.807) is 0 Å². The fourth-order valence-electron chi connectivity index (χ4n) is 2.46. The second kappa shape index (κ2) is 12.2. The van der Waals surface area contributed by atoms with Gasteiger partial charge in [0.1, 0.15) is 0 Å². The summed E-state index contributed by atoms with van der Waals surface area (Å²) in [6, 6.07) is 5.96. The minimum absolute atomic E-state index is 0. The summed E-state index contributed by atoms with van der Waals surface area (Å²) in [7, 11) is 2.16. The molecule has 0 bridgehead atoms. The van der Waals surface area contributed by atoms with Crippen molar-refractivity contribution in [3.8, 4) is 11.5 Å². The van der Waals surface area contributed by atoms with Gasteiger partial charge in [-0.15, -0.1) is 24.0 Å². The Bertz CT molecular complexity index is 540. The summed E-state index contributed by atoms with van der Waals surface area (Å²) in [5.74, 6) is 2.46. The third-order valence-electron chi connectivity index (χ3n) is 3.88. The largest absolute Gasteiger partial charge is 0.454 e. The van der Waals surface area contributed by atoms with Gasteiger partial charge < -0.3 is 25.0 Å². The van der Waals surface area contributed by atoms with Crippen molar-refractivity contribution in [2.24, 2.45) is 4.99 Å². The van der Waals surface area contributed by atoms with Gasteiger partial charge in [-0.1, -0.05) is 19.4 Å². The summed E-state index contributed by atoms with van der Waals surface area (Å²) in [4.78, 5) is 6.99. The fraction of sp³-hybridized carbons (Fsp3) is 0.611. The van der Waals surface area contributed by atoms with Crippen molar-refractivity contribution in [1.29, 1.82) is 0 Å². The van der Waals surface area contributed by atoms with Gasteiger partial charge in [0.05, 0.1) is 6.54 Å². The number of nitrogens with one attached hydrogen (secondary N) is 2. The van der Waals surface area contributed by atoms with Crippen LogP contribution in [0.1, 0.15) is 32.3 Å². The Hall–Kier alpha value is -1.22. The highest BCUT2D eigenvalue weighted by Gasteiger charge is 2.12. The van der Waals surface area contributed by atoms with Gasteiger partial charge >= 0.3 is 0 Å². The Kier molecular flexibility index (Phi) is 10.6. The van der Waals surface area contributed by atoms with Gasteiger partial charge in [0.25, 0.3) is 0 Å². The molecule has 2 rings (SSSR count). The van der Waals surface area contributed by atoms with E-state index in [-0.39, 0.29) is 24.0 Å². The minimum atomic E-state index is 0. The lowest BCUT2D eigenvalue weighted by atomic mass is 10.2. The molecule has 0 aromatic heterocycles. The molecule has 0 spiro atoms. The highest BCUT2D eigenvalue weighted by molar-refractivity contribution is 14.0. The molecule has 1 aromatic carbocycles. The maximum Gasteiger partial charge on any atom is 0.231 e. The second-order valence-corrected chi connectivity index (χ2v) is 5.97. The van der Waals surface area contributed by atoms with Gasteiger partial charge in [-0.2, -0.15) is 0 Å². The molecular weight excluding hydrogens is 431 g/mol. The van der Waals surface area contributed by atoms with Crippen molar-refractivity contribution in [3.63, 3.8) is 0 Å². The maximum atomic E-state index is 5.41. The second-order valence-electron chi connectivity index (χ2n) is 5.97. The molecule has 0 unspecified atom stereocenters. The molecule has 1 aliphatic heterocycles. The standard InChI is InChI=1S/C18H30N4O2.HI/c1-4-6-10-22(3)11-9-20-18(19-5-2)21-13-15-7-8-16-17(12-15)24-14-23-16;/h7-8,12H,4-6,9-11,13-14H2,1-3H3,(H2,19,20,21);1H. The van der Waals surface area contributed by atoms with Crippen LogP contribution in [0, 0.1) is 0 Å². The van der Waals surface area contributed by atoms with Crippen LogP contribution in [-0.2, 0) is 6.54 Å². The lowest BCUT2D eigenvalue weighted by molar-refractivity contribution is 0.174. The first-order valence-electron chi connectivity index (χ1n) is 8.82. The zero-order valence-corrected chi connectivity index (χ0v) is 17.8. The van der Waals surface area contributed by atoms with Crippen LogP contribution in [0.25, 0.3) is 0 Å². The molecule has 0 radical (unpaired) electrons. The number of nitrogens with zero attached hydrogens (tertiary/aromatic N) is 2. The molecule has 2 N–H and O–H groups in total. The monoisotopic (exact) mass is 462 g/mol. The van der Waals surface area contributed by atoms with Crippen LogP contribution in [0.2, 0.25) is 0 Å². The van der Waals surface area contributed by atoms with Gasteiger partial charge in [-0.3, -0.25) is 0 Å². The van der Waals surface area contributed by atoms with Gasteiger partial charge in [-0.25, -0.2) is 4.99 Å². The van der Waals surface area contributed by atoms with Crippen LogP contribution in [0.5, 0.6) is 11.5 Å². The average Bonchev–Trinajstić information content (AvgIpc) is 3.05. The molecule has 0 saturated heterocycles. The molecular formula is C18H31IN4O2. The molecule has 0 atom stereocenters. The predicted molar refractivity (Wildman–Crippen MR) is 113 cm³/mol. The number of benzene rings is 1. The van der Waals surface area contributed by atoms with Gasteiger partial charge in [0, 0.05) is 19.6 Å². The summed E-state index contributed by atoms with van der Waals surface area (Å²) in [5.41, 5.74) is 1.11. The van der Waals surface area contributed by atoms with E-state index in [0.29, 0.717) is 13.3 Å². The summed E-state index contributed by atoms with van der Waals surface area (Å²) in [6.07, 6.45) is 2.48. The number of fused-ring (bicyclic) bond motifs is 1. The van der Waals surface area contributed by atoms with E-state index >= 15 is 0 Å². The maximum absolute atomic E-state index is 5.41. The number of rotatable bonds is 9. The molecule has 1 aromatic rings. The Balaban J connectivity index is 0.00000312. The lowest BCUT2D eigenvalue weighted by Crippen LogP contribution is -2.41. The van der Waals surface area contributed by atoms with Crippen LogP contribution in [0.4, 0.5) is 0 Å². The van der Waals surface area contributed by atoms with Crippen molar-refractivity contribution in [2.45, 2.75) is 33.2 Å².